The summed E-state index contributed by atoms with van der Waals surface area (Å²) in [5, 5.41) is 2.68. The standard InChI is InChI=1S/C16H24N2O4S/c1-3-17-16(19)14-12-13(8-9-15(14)22-2)23(20,21)18-10-6-4-5-7-11-18/h8-9,12H,3-7,10-11H2,1-2H3,(H,17,19). The van der Waals surface area contributed by atoms with Crippen molar-refractivity contribution < 1.29 is 17.9 Å². The van der Waals surface area contributed by atoms with Crippen LogP contribution < -0.4 is 10.1 Å². The van der Waals surface area contributed by atoms with Gasteiger partial charge in [-0.1, -0.05) is 12.8 Å². The summed E-state index contributed by atoms with van der Waals surface area (Å²) in [5.41, 5.74) is 0.241. The highest BCUT2D eigenvalue weighted by Crippen LogP contribution is 2.26. The normalized spacial score (nSPS) is 16.6. The first-order valence-corrected chi connectivity index (χ1v) is 9.41. The van der Waals surface area contributed by atoms with E-state index in [0.717, 1.165) is 25.7 Å². The van der Waals surface area contributed by atoms with Crippen LogP contribution in [0.15, 0.2) is 23.1 Å². The molecule has 6 nitrogen and oxygen atoms in total. The first-order valence-electron chi connectivity index (χ1n) is 7.97. The number of sulfonamides is 1. The zero-order chi connectivity index (χ0) is 16.9. The molecule has 0 unspecified atom stereocenters. The van der Waals surface area contributed by atoms with Gasteiger partial charge in [-0.3, -0.25) is 4.79 Å². The average Bonchev–Trinajstić information content (AvgIpc) is 2.84. The highest BCUT2D eigenvalue weighted by molar-refractivity contribution is 7.89. The van der Waals surface area contributed by atoms with E-state index >= 15 is 0 Å². The van der Waals surface area contributed by atoms with E-state index in [2.05, 4.69) is 5.32 Å². The summed E-state index contributed by atoms with van der Waals surface area (Å²) in [6.45, 7) is 3.34. The summed E-state index contributed by atoms with van der Waals surface area (Å²) < 4.78 is 32.3. The Morgan fingerprint density at radius 1 is 1.22 bits per heavy atom. The lowest BCUT2D eigenvalue weighted by molar-refractivity contribution is 0.0952. The van der Waals surface area contributed by atoms with Gasteiger partial charge in [-0.05, 0) is 38.0 Å². The molecular formula is C16H24N2O4S. The summed E-state index contributed by atoms with van der Waals surface area (Å²) in [7, 11) is -2.12. The smallest absolute Gasteiger partial charge is 0.255 e. The Bertz CT molecular complexity index is 650. The number of rotatable bonds is 5. The van der Waals surface area contributed by atoms with E-state index in [-0.39, 0.29) is 16.4 Å². The lowest BCUT2D eigenvalue weighted by Crippen LogP contribution is -2.32. The van der Waals surface area contributed by atoms with Gasteiger partial charge in [0, 0.05) is 19.6 Å². The Kier molecular flexibility index (Phi) is 6.01. The van der Waals surface area contributed by atoms with Gasteiger partial charge < -0.3 is 10.1 Å². The fourth-order valence-electron chi connectivity index (χ4n) is 2.71. The number of methoxy groups -OCH3 is 1. The zero-order valence-electron chi connectivity index (χ0n) is 13.7. The van der Waals surface area contributed by atoms with Crippen molar-refractivity contribution in [2.24, 2.45) is 0 Å². The Morgan fingerprint density at radius 3 is 2.43 bits per heavy atom. The number of ether oxygens (including phenoxy) is 1. The summed E-state index contributed by atoms with van der Waals surface area (Å²) in [4.78, 5) is 12.3. The molecule has 0 bridgehead atoms. The molecule has 1 aliphatic heterocycles. The Hall–Kier alpha value is -1.60. The molecule has 1 saturated heterocycles. The molecule has 0 spiro atoms. The molecule has 2 rings (SSSR count). The van der Waals surface area contributed by atoms with Gasteiger partial charge in [-0.2, -0.15) is 4.31 Å². The van der Waals surface area contributed by atoms with Crippen LogP contribution in [0.3, 0.4) is 0 Å². The summed E-state index contributed by atoms with van der Waals surface area (Å²) in [6.07, 6.45) is 3.86. The van der Waals surface area contributed by atoms with Gasteiger partial charge in [0.2, 0.25) is 10.0 Å². The van der Waals surface area contributed by atoms with Crippen molar-refractivity contribution in [1.82, 2.24) is 9.62 Å². The van der Waals surface area contributed by atoms with Crippen LogP contribution in [0.2, 0.25) is 0 Å². The molecule has 7 heteroatoms. The third-order valence-electron chi connectivity index (χ3n) is 3.96. The quantitative estimate of drug-likeness (QED) is 0.890. The molecule has 0 aliphatic carbocycles. The number of carbonyl (C=O) groups is 1. The molecule has 128 valence electrons. The number of benzene rings is 1. The number of hydrogen-bond acceptors (Lipinski definition) is 4. The first kappa shape index (κ1) is 17.7. The molecule has 1 aliphatic rings. The average molecular weight is 340 g/mol. The molecule has 1 fully saturated rings. The second kappa shape index (κ2) is 7.79. The molecule has 0 atom stereocenters. The second-order valence-corrected chi connectivity index (χ2v) is 7.48. The van der Waals surface area contributed by atoms with Crippen molar-refractivity contribution in [2.75, 3.05) is 26.7 Å². The first-order chi connectivity index (χ1) is 11.0. The number of nitrogens with zero attached hydrogens (tertiary/aromatic N) is 1. The van der Waals surface area contributed by atoms with Crippen LogP contribution in [0.5, 0.6) is 5.75 Å². The Balaban J connectivity index is 2.38. The summed E-state index contributed by atoms with van der Waals surface area (Å²) in [5.74, 6) is 0.0306. The molecule has 1 amide bonds. The van der Waals surface area contributed by atoms with Crippen molar-refractivity contribution in [1.29, 1.82) is 0 Å². The van der Waals surface area contributed by atoms with Crippen LogP contribution in [0.25, 0.3) is 0 Å². The molecule has 1 aromatic carbocycles. The SMILES string of the molecule is CCNC(=O)c1cc(S(=O)(=O)N2CCCCCC2)ccc1OC. The van der Waals surface area contributed by atoms with Gasteiger partial charge in [0.05, 0.1) is 17.6 Å². The van der Waals surface area contributed by atoms with E-state index in [4.69, 9.17) is 4.74 Å². The fraction of sp³-hybridized carbons (Fsp3) is 0.562. The van der Waals surface area contributed by atoms with Gasteiger partial charge in [-0.25, -0.2) is 8.42 Å². The van der Waals surface area contributed by atoms with Crippen molar-refractivity contribution in [2.45, 2.75) is 37.5 Å². The van der Waals surface area contributed by atoms with Crippen molar-refractivity contribution in [3.8, 4) is 5.75 Å². The predicted molar refractivity (Wildman–Crippen MR) is 88.2 cm³/mol. The van der Waals surface area contributed by atoms with E-state index in [1.54, 1.807) is 0 Å². The predicted octanol–water partition coefficient (Wildman–Crippen LogP) is 2.01. The minimum atomic E-state index is -3.58. The van der Waals surface area contributed by atoms with E-state index in [1.807, 2.05) is 6.92 Å². The Labute approximate surface area is 137 Å². The monoisotopic (exact) mass is 340 g/mol. The van der Waals surface area contributed by atoms with Gasteiger partial charge in [0.1, 0.15) is 5.75 Å². The van der Waals surface area contributed by atoms with Crippen LogP contribution in [-0.4, -0.2) is 45.4 Å². The number of hydrogen-bond donors (Lipinski definition) is 1. The Morgan fingerprint density at radius 2 is 1.87 bits per heavy atom. The lowest BCUT2D eigenvalue weighted by Gasteiger charge is -2.20. The van der Waals surface area contributed by atoms with Crippen LogP contribution in [0, 0.1) is 0 Å². The lowest BCUT2D eigenvalue weighted by atomic mass is 10.2. The molecular weight excluding hydrogens is 316 g/mol. The van der Waals surface area contributed by atoms with Crippen LogP contribution in [-0.2, 0) is 10.0 Å². The molecule has 0 radical (unpaired) electrons. The molecule has 1 aromatic rings. The molecule has 1 heterocycles. The summed E-state index contributed by atoms with van der Waals surface area (Å²) >= 11 is 0. The van der Waals surface area contributed by atoms with E-state index in [9.17, 15) is 13.2 Å². The third-order valence-corrected chi connectivity index (χ3v) is 5.85. The largest absolute Gasteiger partial charge is 0.496 e. The van der Waals surface area contributed by atoms with E-state index in [1.165, 1.54) is 29.6 Å². The van der Waals surface area contributed by atoms with E-state index < -0.39 is 10.0 Å². The summed E-state index contributed by atoms with van der Waals surface area (Å²) in [6, 6.07) is 4.45. The zero-order valence-corrected chi connectivity index (χ0v) is 14.5. The van der Waals surface area contributed by atoms with Crippen molar-refractivity contribution >= 4 is 15.9 Å². The minimum absolute atomic E-state index is 0.140. The maximum atomic E-state index is 12.8. The maximum absolute atomic E-state index is 12.8. The number of carbonyl (C=O) groups excluding carboxylic acids is 1. The topological polar surface area (TPSA) is 75.7 Å². The van der Waals surface area contributed by atoms with Gasteiger partial charge in [-0.15, -0.1) is 0 Å². The van der Waals surface area contributed by atoms with E-state index in [0.29, 0.717) is 25.4 Å². The maximum Gasteiger partial charge on any atom is 0.255 e. The van der Waals surface area contributed by atoms with Crippen LogP contribution >= 0.6 is 0 Å². The second-order valence-electron chi connectivity index (χ2n) is 5.54. The van der Waals surface area contributed by atoms with Crippen molar-refractivity contribution in [3.05, 3.63) is 23.8 Å². The molecule has 0 aromatic heterocycles. The van der Waals surface area contributed by atoms with Gasteiger partial charge in [0.25, 0.3) is 5.91 Å². The third kappa shape index (κ3) is 4.03. The highest BCUT2D eigenvalue weighted by atomic mass is 32.2. The molecule has 1 N–H and O–H groups in total. The van der Waals surface area contributed by atoms with Gasteiger partial charge >= 0.3 is 0 Å². The van der Waals surface area contributed by atoms with Crippen molar-refractivity contribution in [3.63, 3.8) is 0 Å². The fourth-order valence-corrected chi connectivity index (χ4v) is 4.26. The van der Waals surface area contributed by atoms with Crippen LogP contribution in [0.4, 0.5) is 0 Å². The minimum Gasteiger partial charge on any atom is -0.496 e. The molecule has 23 heavy (non-hydrogen) atoms. The van der Waals surface area contributed by atoms with Crippen LogP contribution in [0.1, 0.15) is 43.0 Å². The highest BCUT2D eigenvalue weighted by Gasteiger charge is 2.26. The number of nitrogens with one attached hydrogen (secondary N) is 1. The number of amides is 1. The molecule has 0 saturated carbocycles. The van der Waals surface area contributed by atoms with Gasteiger partial charge in [0.15, 0.2) is 0 Å².